The van der Waals surface area contributed by atoms with E-state index in [0.717, 1.165) is 19.3 Å². The first-order chi connectivity index (χ1) is 10.0. The van der Waals surface area contributed by atoms with E-state index in [0.29, 0.717) is 6.42 Å². The second kappa shape index (κ2) is 8.80. The van der Waals surface area contributed by atoms with E-state index in [9.17, 15) is 14.4 Å². The molecule has 0 aromatic heterocycles. The van der Waals surface area contributed by atoms with Crippen LogP contribution >= 0.6 is 0 Å². The lowest BCUT2D eigenvalue weighted by atomic mass is 9.74. The summed E-state index contributed by atoms with van der Waals surface area (Å²) in [5.41, 5.74) is 0. The Balaban J connectivity index is 2.78. The number of carbonyl (C=O) groups is 3. The highest BCUT2D eigenvalue weighted by Crippen LogP contribution is 2.34. The molecule has 1 aliphatic carbocycles. The summed E-state index contributed by atoms with van der Waals surface area (Å²) in [5.74, 6) is -2.14. The van der Waals surface area contributed by atoms with Gasteiger partial charge in [-0.3, -0.25) is 14.4 Å². The van der Waals surface area contributed by atoms with E-state index >= 15 is 0 Å². The molecule has 21 heavy (non-hydrogen) atoms. The number of hydrogen-bond acceptors (Lipinski definition) is 5. The first-order valence-corrected chi connectivity index (χ1v) is 7.91. The van der Waals surface area contributed by atoms with Crippen LogP contribution < -0.4 is 0 Å². The molecule has 1 fully saturated rings. The number of carbonyl (C=O) groups excluding carboxylic acids is 3. The summed E-state index contributed by atoms with van der Waals surface area (Å²) < 4.78 is 9.97. The van der Waals surface area contributed by atoms with Crippen molar-refractivity contribution in [2.24, 2.45) is 17.8 Å². The number of rotatable bonds is 7. The number of hydrogen-bond donors (Lipinski definition) is 0. The topological polar surface area (TPSA) is 69.7 Å². The Morgan fingerprint density at radius 3 is 2.10 bits per heavy atom. The largest absolute Gasteiger partial charge is 0.465 e. The maximum absolute atomic E-state index is 12.2. The van der Waals surface area contributed by atoms with Gasteiger partial charge in [0.2, 0.25) is 0 Å². The Kier molecular flexibility index (Phi) is 7.40. The average molecular weight is 298 g/mol. The van der Waals surface area contributed by atoms with Crippen molar-refractivity contribution in [1.82, 2.24) is 0 Å². The normalized spacial score (nSPS) is 22.2. The zero-order valence-corrected chi connectivity index (χ0v) is 13.2. The van der Waals surface area contributed by atoms with Crippen LogP contribution in [0, 0.1) is 17.8 Å². The molecule has 0 saturated heterocycles. The SMILES string of the molecule is CCC[C@H]1CC[C@H](C(C(=O)OCC)C(=O)OCC)CC1=O. The fourth-order valence-electron chi connectivity index (χ4n) is 2.99. The molecule has 0 radical (unpaired) electrons. The van der Waals surface area contributed by atoms with Gasteiger partial charge in [-0.05, 0) is 39.0 Å². The minimum Gasteiger partial charge on any atom is -0.465 e. The van der Waals surface area contributed by atoms with Gasteiger partial charge >= 0.3 is 11.9 Å². The summed E-state index contributed by atoms with van der Waals surface area (Å²) in [4.78, 5) is 36.2. The molecule has 5 heteroatoms. The van der Waals surface area contributed by atoms with Crippen LogP contribution in [-0.4, -0.2) is 30.9 Å². The number of esters is 2. The summed E-state index contributed by atoms with van der Waals surface area (Å²) >= 11 is 0. The van der Waals surface area contributed by atoms with Crippen LogP contribution in [0.2, 0.25) is 0 Å². The van der Waals surface area contributed by atoms with E-state index in [1.54, 1.807) is 13.8 Å². The Morgan fingerprint density at radius 1 is 1.10 bits per heavy atom. The van der Waals surface area contributed by atoms with Crippen LogP contribution in [0.5, 0.6) is 0 Å². The molecule has 120 valence electrons. The van der Waals surface area contributed by atoms with Crippen molar-refractivity contribution < 1.29 is 23.9 Å². The lowest BCUT2D eigenvalue weighted by Crippen LogP contribution is -2.39. The molecule has 1 rings (SSSR count). The molecule has 0 amide bonds. The van der Waals surface area contributed by atoms with Gasteiger partial charge in [-0.25, -0.2) is 0 Å². The molecule has 0 spiro atoms. The van der Waals surface area contributed by atoms with E-state index in [1.807, 2.05) is 0 Å². The molecular formula is C16H26O5. The minimum absolute atomic E-state index is 0.0799. The molecule has 0 bridgehead atoms. The van der Waals surface area contributed by atoms with Crippen molar-refractivity contribution >= 4 is 17.7 Å². The first kappa shape index (κ1) is 17.7. The van der Waals surface area contributed by atoms with Crippen LogP contribution in [0.25, 0.3) is 0 Å². The zero-order valence-electron chi connectivity index (χ0n) is 13.2. The van der Waals surface area contributed by atoms with Gasteiger partial charge < -0.3 is 9.47 Å². The first-order valence-electron chi connectivity index (χ1n) is 7.91. The fraction of sp³-hybridized carbons (Fsp3) is 0.812. The molecule has 0 aromatic carbocycles. The maximum atomic E-state index is 12.2. The third kappa shape index (κ3) is 4.83. The summed E-state index contributed by atoms with van der Waals surface area (Å²) in [6, 6.07) is 0. The van der Waals surface area contributed by atoms with Gasteiger partial charge in [0.25, 0.3) is 0 Å². The van der Waals surface area contributed by atoms with Crippen molar-refractivity contribution in [1.29, 1.82) is 0 Å². The van der Waals surface area contributed by atoms with E-state index < -0.39 is 17.9 Å². The average Bonchev–Trinajstić information content (AvgIpc) is 2.43. The molecule has 1 saturated carbocycles. The molecular weight excluding hydrogens is 272 g/mol. The van der Waals surface area contributed by atoms with Crippen LogP contribution in [0.1, 0.15) is 52.9 Å². The summed E-state index contributed by atoms with van der Waals surface area (Å²) in [6.07, 6.45) is 3.56. The number of ether oxygens (including phenoxy) is 2. The highest BCUT2D eigenvalue weighted by molar-refractivity contribution is 5.96. The summed E-state index contributed by atoms with van der Waals surface area (Å²) in [6.45, 7) is 5.88. The van der Waals surface area contributed by atoms with E-state index in [-0.39, 0.29) is 37.3 Å². The zero-order chi connectivity index (χ0) is 15.8. The molecule has 5 nitrogen and oxygen atoms in total. The van der Waals surface area contributed by atoms with Crippen LogP contribution in [-0.2, 0) is 23.9 Å². The second-order valence-electron chi connectivity index (χ2n) is 5.48. The molecule has 0 N–H and O–H groups in total. The van der Waals surface area contributed by atoms with Gasteiger partial charge in [-0.1, -0.05) is 13.3 Å². The summed E-state index contributed by atoms with van der Waals surface area (Å²) in [7, 11) is 0. The van der Waals surface area contributed by atoms with Crippen LogP contribution in [0.15, 0.2) is 0 Å². The fourth-order valence-corrected chi connectivity index (χ4v) is 2.99. The monoisotopic (exact) mass is 298 g/mol. The molecule has 1 aliphatic rings. The van der Waals surface area contributed by atoms with Crippen LogP contribution in [0.4, 0.5) is 0 Å². The van der Waals surface area contributed by atoms with Crippen LogP contribution in [0.3, 0.4) is 0 Å². The van der Waals surface area contributed by atoms with Gasteiger partial charge in [0.1, 0.15) is 5.78 Å². The van der Waals surface area contributed by atoms with Gasteiger partial charge in [0, 0.05) is 12.3 Å². The Morgan fingerprint density at radius 2 is 1.67 bits per heavy atom. The van der Waals surface area contributed by atoms with Crippen molar-refractivity contribution in [2.75, 3.05) is 13.2 Å². The summed E-state index contributed by atoms with van der Waals surface area (Å²) in [5, 5.41) is 0. The van der Waals surface area contributed by atoms with Gasteiger partial charge in [0.05, 0.1) is 13.2 Å². The number of ketones is 1. The standard InChI is InChI=1S/C16H26O5/c1-4-7-11-8-9-12(10-13(11)17)14(15(18)20-5-2)16(19)21-6-3/h11-12,14H,4-10H2,1-3H3/t11-,12-/m0/s1. The molecule has 2 atom stereocenters. The lowest BCUT2D eigenvalue weighted by Gasteiger charge is -2.30. The molecule has 0 heterocycles. The van der Waals surface area contributed by atoms with Gasteiger partial charge in [-0.2, -0.15) is 0 Å². The smallest absolute Gasteiger partial charge is 0.320 e. The Hall–Kier alpha value is -1.39. The van der Waals surface area contributed by atoms with Crippen molar-refractivity contribution in [2.45, 2.75) is 52.9 Å². The predicted octanol–water partition coefficient (Wildman–Crippen LogP) is 2.51. The molecule has 0 aromatic rings. The third-order valence-corrected chi connectivity index (χ3v) is 3.99. The maximum Gasteiger partial charge on any atom is 0.320 e. The van der Waals surface area contributed by atoms with Crippen molar-refractivity contribution in [3.8, 4) is 0 Å². The van der Waals surface area contributed by atoms with E-state index in [1.165, 1.54) is 0 Å². The van der Waals surface area contributed by atoms with Crippen molar-refractivity contribution in [3.63, 3.8) is 0 Å². The Labute approximate surface area is 126 Å². The highest BCUT2D eigenvalue weighted by atomic mass is 16.6. The third-order valence-electron chi connectivity index (χ3n) is 3.99. The molecule has 0 unspecified atom stereocenters. The van der Waals surface area contributed by atoms with Gasteiger partial charge in [0.15, 0.2) is 5.92 Å². The lowest BCUT2D eigenvalue weighted by molar-refractivity contribution is -0.165. The quantitative estimate of drug-likeness (QED) is 0.533. The second-order valence-corrected chi connectivity index (χ2v) is 5.48. The molecule has 0 aliphatic heterocycles. The van der Waals surface area contributed by atoms with Crippen molar-refractivity contribution in [3.05, 3.63) is 0 Å². The predicted molar refractivity (Wildman–Crippen MR) is 77.5 cm³/mol. The highest BCUT2D eigenvalue weighted by Gasteiger charge is 2.41. The minimum atomic E-state index is -0.962. The van der Waals surface area contributed by atoms with E-state index in [4.69, 9.17) is 9.47 Å². The van der Waals surface area contributed by atoms with Gasteiger partial charge in [-0.15, -0.1) is 0 Å². The number of Topliss-reactive ketones (excluding diaryl/α,β-unsaturated/α-hetero) is 1. The van der Waals surface area contributed by atoms with E-state index in [2.05, 4.69) is 6.92 Å². The Bertz CT molecular complexity index is 359.